The fraction of sp³-hybridized carbons (Fsp3) is 0.550. The first kappa shape index (κ1) is 13.3. The number of hydrogen-bond donors (Lipinski definition) is 0. The second kappa shape index (κ2) is 5.44. The van der Waals surface area contributed by atoms with Crippen molar-refractivity contribution >= 4 is 5.78 Å². The number of ketones is 1. The van der Waals surface area contributed by atoms with Crippen molar-refractivity contribution < 1.29 is 4.79 Å². The van der Waals surface area contributed by atoms with Crippen molar-refractivity contribution in [2.75, 3.05) is 0 Å². The highest BCUT2D eigenvalue weighted by atomic mass is 16.1. The molecule has 0 spiro atoms. The fourth-order valence-electron chi connectivity index (χ4n) is 4.55. The molecule has 3 aliphatic rings. The maximum absolute atomic E-state index is 12.9. The summed E-state index contributed by atoms with van der Waals surface area (Å²) < 4.78 is 0. The minimum absolute atomic E-state index is 0.305. The number of hydrogen-bond acceptors (Lipinski definition) is 1. The van der Waals surface area contributed by atoms with E-state index in [1.165, 1.54) is 49.7 Å². The van der Waals surface area contributed by atoms with Crippen LogP contribution in [0.25, 0.3) is 0 Å². The van der Waals surface area contributed by atoms with E-state index in [4.69, 9.17) is 0 Å². The van der Waals surface area contributed by atoms with Gasteiger partial charge in [0.15, 0.2) is 5.78 Å². The topological polar surface area (TPSA) is 17.1 Å². The van der Waals surface area contributed by atoms with Crippen molar-refractivity contribution in [1.82, 2.24) is 0 Å². The highest BCUT2D eigenvalue weighted by Crippen LogP contribution is 2.60. The molecule has 21 heavy (non-hydrogen) atoms. The number of carbonyl (C=O) groups excluding carboxylic acids is 1. The third kappa shape index (κ3) is 2.37. The summed E-state index contributed by atoms with van der Waals surface area (Å²) in [6, 6.07) is 8.78. The van der Waals surface area contributed by atoms with Crippen LogP contribution in [-0.4, -0.2) is 5.78 Å². The summed E-state index contributed by atoms with van der Waals surface area (Å²) in [5, 5.41) is 0. The summed E-state index contributed by atoms with van der Waals surface area (Å²) in [5.74, 6) is 1.97. The van der Waals surface area contributed by atoms with Crippen molar-refractivity contribution in [3.63, 3.8) is 0 Å². The Morgan fingerprint density at radius 1 is 1.00 bits per heavy atom. The summed E-state index contributed by atoms with van der Waals surface area (Å²) in [7, 11) is 0. The second-order valence-electron chi connectivity index (χ2n) is 7.00. The minimum Gasteiger partial charge on any atom is -0.294 e. The van der Waals surface area contributed by atoms with Gasteiger partial charge in [-0.15, -0.1) is 0 Å². The maximum atomic E-state index is 12.9. The van der Waals surface area contributed by atoms with Gasteiger partial charge in [-0.3, -0.25) is 4.79 Å². The van der Waals surface area contributed by atoms with Gasteiger partial charge in [-0.25, -0.2) is 0 Å². The molecule has 1 aromatic carbocycles. The van der Waals surface area contributed by atoms with Gasteiger partial charge in [-0.1, -0.05) is 43.2 Å². The Kier molecular flexibility index (Phi) is 3.45. The predicted octanol–water partition coefficient (Wildman–Crippen LogP) is 4.81. The molecular formula is C20H24O. The van der Waals surface area contributed by atoms with E-state index in [-0.39, 0.29) is 0 Å². The van der Waals surface area contributed by atoms with Gasteiger partial charge in [-0.05, 0) is 67.1 Å². The SMILES string of the molecule is O=C(/C1=C/CCCCCC1)C1C2CCc3ccccc3C21. The molecule has 0 saturated heterocycles. The van der Waals surface area contributed by atoms with Crippen LogP contribution < -0.4 is 0 Å². The number of benzene rings is 1. The molecule has 0 amide bonds. The minimum atomic E-state index is 0.305. The summed E-state index contributed by atoms with van der Waals surface area (Å²) >= 11 is 0. The fourth-order valence-corrected chi connectivity index (χ4v) is 4.55. The largest absolute Gasteiger partial charge is 0.294 e. The van der Waals surface area contributed by atoms with Crippen molar-refractivity contribution in [1.29, 1.82) is 0 Å². The number of carbonyl (C=O) groups is 1. The Labute approximate surface area is 127 Å². The van der Waals surface area contributed by atoms with Crippen LogP contribution in [0.5, 0.6) is 0 Å². The van der Waals surface area contributed by atoms with E-state index in [1.54, 1.807) is 0 Å². The zero-order chi connectivity index (χ0) is 14.2. The van der Waals surface area contributed by atoms with Gasteiger partial charge < -0.3 is 0 Å². The molecule has 1 aromatic rings. The molecule has 110 valence electrons. The first-order valence-corrected chi connectivity index (χ1v) is 8.67. The average Bonchev–Trinajstić information content (AvgIpc) is 3.21. The zero-order valence-electron chi connectivity index (χ0n) is 12.7. The molecule has 0 aliphatic heterocycles. The van der Waals surface area contributed by atoms with Gasteiger partial charge in [0.2, 0.25) is 0 Å². The standard InChI is InChI=1S/C20H24O/c21-20(15-9-4-2-1-3-5-10-15)19-17-13-12-14-8-6-7-11-16(14)18(17)19/h6-9,11,17-19H,1-5,10,12-13H2/b15-9+. The molecule has 0 bridgehead atoms. The van der Waals surface area contributed by atoms with Gasteiger partial charge in [-0.2, -0.15) is 0 Å². The van der Waals surface area contributed by atoms with E-state index >= 15 is 0 Å². The van der Waals surface area contributed by atoms with E-state index in [1.807, 2.05) is 0 Å². The highest BCUT2D eigenvalue weighted by Gasteiger charge is 2.56. The molecule has 3 unspecified atom stereocenters. The van der Waals surface area contributed by atoms with Crippen LogP contribution in [0.15, 0.2) is 35.9 Å². The van der Waals surface area contributed by atoms with Crippen LogP contribution in [0.1, 0.15) is 62.0 Å². The monoisotopic (exact) mass is 280 g/mol. The molecule has 3 atom stereocenters. The van der Waals surface area contributed by atoms with Gasteiger partial charge in [0, 0.05) is 5.92 Å². The highest BCUT2D eigenvalue weighted by molar-refractivity contribution is 6.00. The van der Waals surface area contributed by atoms with Crippen molar-refractivity contribution in [3.05, 3.63) is 47.0 Å². The lowest BCUT2D eigenvalue weighted by atomic mass is 9.92. The third-order valence-corrected chi connectivity index (χ3v) is 5.74. The Morgan fingerprint density at radius 3 is 2.81 bits per heavy atom. The summed E-state index contributed by atoms with van der Waals surface area (Å²) in [6.07, 6.45) is 11.9. The summed E-state index contributed by atoms with van der Waals surface area (Å²) in [4.78, 5) is 12.9. The number of Topliss-reactive ketones (excluding diaryl/α,β-unsaturated/α-hetero) is 1. The summed E-state index contributed by atoms with van der Waals surface area (Å²) in [5.41, 5.74) is 4.12. The lowest BCUT2D eigenvalue weighted by molar-refractivity contribution is -0.117. The zero-order valence-corrected chi connectivity index (χ0v) is 12.7. The van der Waals surface area contributed by atoms with Gasteiger partial charge in [0.1, 0.15) is 0 Å². The maximum Gasteiger partial charge on any atom is 0.162 e. The van der Waals surface area contributed by atoms with Crippen LogP contribution in [-0.2, 0) is 11.2 Å². The first-order chi connectivity index (χ1) is 10.4. The molecule has 0 N–H and O–H groups in total. The third-order valence-electron chi connectivity index (χ3n) is 5.74. The molecule has 1 saturated carbocycles. The van der Waals surface area contributed by atoms with E-state index in [0.717, 1.165) is 18.4 Å². The van der Waals surface area contributed by atoms with Gasteiger partial charge in [0.25, 0.3) is 0 Å². The molecule has 1 fully saturated rings. The van der Waals surface area contributed by atoms with Crippen LogP contribution in [0, 0.1) is 11.8 Å². The number of rotatable bonds is 2. The van der Waals surface area contributed by atoms with E-state index < -0.39 is 0 Å². The lowest BCUT2D eigenvalue weighted by Gasteiger charge is -2.13. The van der Waals surface area contributed by atoms with Crippen LogP contribution >= 0.6 is 0 Å². The summed E-state index contributed by atoms with van der Waals surface area (Å²) in [6.45, 7) is 0. The van der Waals surface area contributed by atoms with Gasteiger partial charge >= 0.3 is 0 Å². The smallest absolute Gasteiger partial charge is 0.162 e. The molecule has 3 aliphatic carbocycles. The molecule has 1 nitrogen and oxygen atoms in total. The molecule has 1 heteroatoms. The Hall–Kier alpha value is -1.37. The Balaban J connectivity index is 1.55. The number of fused-ring (bicyclic) bond motifs is 3. The number of allylic oxidation sites excluding steroid dienone is 2. The van der Waals surface area contributed by atoms with Crippen LogP contribution in [0.4, 0.5) is 0 Å². The van der Waals surface area contributed by atoms with Gasteiger partial charge in [0.05, 0.1) is 0 Å². The molecular weight excluding hydrogens is 256 g/mol. The molecule has 0 radical (unpaired) electrons. The van der Waals surface area contributed by atoms with E-state index in [0.29, 0.717) is 23.5 Å². The molecule has 0 aromatic heterocycles. The van der Waals surface area contributed by atoms with Crippen LogP contribution in [0.2, 0.25) is 0 Å². The normalized spacial score (nSPS) is 33.7. The van der Waals surface area contributed by atoms with Crippen LogP contribution in [0.3, 0.4) is 0 Å². The Bertz CT molecular complexity index is 583. The first-order valence-electron chi connectivity index (χ1n) is 8.67. The number of aryl methyl sites for hydroxylation is 1. The molecule has 4 rings (SSSR count). The van der Waals surface area contributed by atoms with E-state index in [2.05, 4.69) is 30.3 Å². The second-order valence-corrected chi connectivity index (χ2v) is 7.00. The lowest BCUT2D eigenvalue weighted by Crippen LogP contribution is -2.08. The molecule has 0 heterocycles. The van der Waals surface area contributed by atoms with E-state index in [9.17, 15) is 4.79 Å². The Morgan fingerprint density at radius 2 is 1.86 bits per heavy atom. The predicted molar refractivity (Wildman–Crippen MR) is 85.3 cm³/mol. The van der Waals surface area contributed by atoms with Crippen molar-refractivity contribution in [2.45, 2.75) is 57.3 Å². The van der Waals surface area contributed by atoms with Crippen molar-refractivity contribution in [2.24, 2.45) is 11.8 Å². The quantitative estimate of drug-likeness (QED) is 0.759. The van der Waals surface area contributed by atoms with Crippen molar-refractivity contribution in [3.8, 4) is 0 Å². The average molecular weight is 280 g/mol.